The van der Waals surface area contributed by atoms with Crippen LogP contribution in [0, 0.1) is 11.3 Å². The van der Waals surface area contributed by atoms with E-state index < -0.39 is 6.10 Å². The van der Waals surface area contributed by atoms with Crippen LogP contribution in [0.3, 0.4) is 0 Å². The first-order valence-corrected chi connectivity index (χ1v) is 6.52. The second-order valence-corrected chi connectivity index (χ2v) is 4.80. The van der Waals surface area contributed by atoms with Gasteiger partial charge in [-0.05, 0) is 18.2 Å². The summed E-state index contributed by atoms with van der Waals surface area (Å²) in [6, 6.07) is 15.5. The van der Waals surface area contributed by atoms with Crippen LogP contribution in [0.15, 0.2) is 48.5 Å². The van der Waals surface area contributed by atoms with Crippen molar-refractivity contribution in [3.05, 3.63) is 70.8 Å². The number of benzene rings is 2. The fourth-order valence-electron chi connectivity index (χ4n) is 2.39. The molecule has 0 N–H and O–H groups in total. The second kappa shape index (κ2) is 5.22. The summed E-state index contributed by atoms with van der Waals surface area (Å²) in [7, 11) is 0. The SMILES string of the molecule is N#Cc1ccc(C(=O)CC2OC(=O)c3ccccc32)cc1. The van der Waals surface area contributed by atoms with Gasteiger partial charge in [-0.3, -0.25) is 4.79 Å². The molecule has 2 aromatic carbocycles. The summed E-state index contributed by atoms with van der Waals surface area (Å²) in [6.07, 6.45) is -0.425. The van der Waals surface area contributed by atoms with Crippen LogP contribution >= 0.6 is 0 Å². The van der Waals surface area contributed by atoms with E-state index in [1.807, 2.05) is 12.1 Å². The van der Waals surface area contributed by atoms with Crippen molar-refractivity contribution in [2.45, 2.75) is 12.5 Å². The number of rotatable bonds is 3. The third kappa shape index (κ3) is 2.41. The van der Waals surface area contributed by atoms with Crippen LogP contribution in [0.5, 0.6) is 0 Å². The zero-order chi connectivity index (χ0) is 14.8. The molecule has 0 bridgehead atoms. The fourth-order valence-corrected chi connectivity index (χ4v) is 2.39. The Morgan fingerprint density at radius 3 is 2.57 bits per heavy atom. The highest BCUT2D eigenvalue weighted by Crippen LogP contribution is 2.33. The first-order chi connectivity index (χ1) is 10.2. The Hall–Kier alpha value is -2.93. The lowest BCUT2D eigenvalue weighted by atomic mass is 9.98. The number of carbonyl (C=O) groups is 2. The molecule has 0 fully saturated rings. The molecule has 21 heavy (non-hydrogen) atoms. The highest BCUT2D eigenvalue weighted by Gasteiger charge is 2.32. The van der Waals surface area contributed by atoms with Crippen LogP contribution in [-0.4, -0.2) is 11.8 Å². The van der Waals surface area contributed by atoms with Gasteiger partial charge in [0, 0.05) is 11.1 Å². The molecule has 2 aromatic rings. The van der Waals surface area contributed by atoms with Gasteiger partial charge in [-0.25, -0.2) is 4.79 Å². The van der Waals surface area contributed by atoms with Crippen LogP contribution in [0.4, 0.5) is 0 Å². The van der Waals surface area contributed by atoms with Crippen molar-refractivity contribution >= 4 is 11.8 Å². The quantitative estimate of drug-likeness (QED) is 0.638. The number of nitrogens with zero attached hydrogens (tertiary/aromatic N) is 1. The van der Waals surface area contributed by atoms with Gasteiger partial charge in [-0.2, -0.15) is 5.26 Å². The predicted octanol–water partition coefficient (Wildman–Crippen LogP) is 3.04. The summed E-state index contributed by atoms with van der Waals surface area (Å²) in [5.41, 5.74) is 2.29. The number of esters is 1. The number of ether oxygens (including phenoxy) is 1. The number of carbonyl (C=O) groups excluding carboxylic acids is 2. The maximum atomic E-state index is 12.2. The molecule has 1 aliphatic rings. The molecule has 0 aliphatic carbocycles. The van der Waals surface area contributed by atoms with Gasteiger partial charge in [0.05, 0.1) is 23.6 Å². The molecule has 4 nitrogen and oxygen atoms in total. The van der Waals surface area contributed by atoms with Crippen molar-refractivity contribution in [2.24, 2.45) is 0 Å². The zero-order valence-corrected chi connectivity index (χ0v) is 11.1. The van der Waals surface area contributed by atoms with E-state index in [1.165, 1.54) is 0 Å². The summed E-state index contributed by atoms with van der Waals surface area (Å²) < 4.78 is 5.26. The van der Waals surface area contributed by atoms with Gasteiger partial charge in [0.2, 0.25) is 0 Å². The molecule has 1 heterocycles. The molecule has 3 rings (SSSR count). The lowest BCUT2D eigenvalue weighted by Gasteiger charge is -2.09. The van der Waals surface area contributed by atoms with E-state index >= 15 is 0 Å². The number of ketones is 1. The lowest BCUT2D eigenvalue weighted by Crippen LogP contribution is -2.07. The number of fused-ring (bicyclic) bond motifs is 1. The molecule has 0 spiro atoms. The molecule has 4 heteroatoms. The predicted molar refractivity (Wildman–Crippen MR) is 74.7 cm³/mol. The van der Waals surface area contributed by atoms with Crippen molar-refractivity contribution in [1.29, 1.82) is 5.26 Å². The number of hydrogen-bond acceptors (Lipinski definition) is 4. The Labute approximate surface area is 121 Å². The molecule has 1 unspecified atom stereocenters. The Morgan fingerprint density at radius 2 is 1.86 bits per heavy atom. The summed E-state index contributed by atoms with van der Waals surface area (Å²) >= 11 is 0. The summed E-state index contributed by atoms with van der Waals surface area (Å²) in [5.74, 6) is -0.503. The number of hydrogen-bond donors (Lipinski definition) is 0. The fraction of sp³-hybridized carbons (Fsp3) is 0.118. The van der Waals surface area contributed by atoms with Gasteiger partial charge in [-0.1, -0.05) is 30.3 Å². The van der Waals surface area contributed by atoms with E-state index in [2.05, 4.69) is 0 Å². The molecule has 0 saturated heterocycles. The smallest absolute Gasteiger partial charge is 0.339 e. The van der Waals surface area contributed by atoms with E-state index in [-0.39, 0.29) is 18.2 Å². The van der Waals surface area contributed by atoms with Gasteiger partial charge in [0.25, 0.3) is 0 Å². The Bertz CT molecular complexity index is 756. The monoisotopic (exact) mass is 277 g/mol. The van der Waals surface area contributed by atoms with Gasteiger partial charge in [0.15, 0.2) is 5.78 Å². The van der Waals surface area contributed by atoms with E-state index in [0.717, 1.165) is 5.56 Å². The Balaban J connectivity index is 1.80. The van der Waals surface area contributed by atoms with Crippen LogP contribution in [-0.2, 0) is 4.74 Å². The molecule has 0 saturated carbocycles. The number of Topliss-reactive ketones (excluding diaryl/α,β-unsaturated/α-hetero) is 1. The highest BCUT2D eigenvalue weighted by molar-refractivity contribution is 5.99. The van der Waals surface area contributed by atoms with E-state index in [1.54, 1.807) is 42.5 Å². The molecule has 0 amide bonds. The molecule has 1 atom stereocenters. The van der Waals surface area contributed by atoms with Crippen LogP contribution in [0.2, 0.25) is 0 Å². The molecular formula is C17H11NO3. The van der Waals surface area contributed by atoms with Crippen molar-refractivity contribution in [3.63, 3.8) is 0 Å². The van der Waals surface area contributed by atoms with Gasteiger partial charge < -0.3 is 4.74 Å². The summed E-state index contributed by atoms with van der Waals surface area (Å²) in [6.45, 7) is 0. The van der Waals surface area contributed by atoms with E-state index in [9.17, 15) is 9.59 Å². The molecular weight excluding hydrogens is 266 g/mol. The van der Waals surface area contributed by atoms with Crippen molar-refractivity contribution < 1.29 is 14.3 Å². The lowest BCUT2D eigenvalue weighted by molar-refractivity contribution is 0.0367. The molecule has 0 aromatic heterocycles. The van der Waals surface area contributed by atoms with E-state index in [0.29, 0.717) is 16.7 Å². The van der Waals surface area contributed by atoms with Gasteiger partial charge >= 0.3 is 5.97 Å². The first kappa shape index (κ1) is 13.1. The largest absolute Gasteiger partial charge is 0.453 e. The third-order valence-electron chi connectivity index (χ3n) is 3.48. The highest BCUT2D eigenvalue weighted by atomic mass is 16.5. The minimum absolute atomic E-state index is 0.106. The second-order valence-electron chi connectivity index (χ2n) is 4.80. The van der Waals surface area contributed by atoms with Gasteiger partial charge in [0.1, 0.15) is 6.10 Å². The van der Waals surface area contributed by atoms with Crippen LogP contribution in [0.1, 0.15) is 44.4 Å². The maximum absolute atomic E-state index is 12.2. The minimum Gasteiger partial charge on any atom is -0.453 e. The number of nitriles is 1. The van der Waals surface area contributed by atoms with Crippen molar-refractivity contribution in [1.82, 2.24) is 0 Å². The van der Waals surface area contributed by atoms with E-state index in [4.69, 9.17) is 10.00 Å². The van der Waals surface area contributed by atoms with Crippen molar-refractivity contribution in [2.75, 3.05) is 0 Å². The molecule has 1 aliphatic heterocycles. The first-order valence-electron chi connectivity index (χ1n) is 6.52. The Morgan fingerprint density at radius 1 is 1.14 bits per heavy atom. The summed E-state index contributed by atoms with van der Waals surface area (Å²) in [5, 5.41) is 8.74. The molecule has 0 radical (unpaired) electrons. The van der Waals surface area contributed by atoms with Crippen LogP contribution < -0.4 is 0 Å². The third-order valence-corrected chi connectivity index (χ3v) is 3.48. The van der Waals surface area contributed by atoms with Crippen molar-refractivity contribution in [3.8, 4) is 6.07 Å². The zero-order valence-electron chi connectivity index (χ0n) is 11.1. The Kier molecular flexibility index (Phi) is 3.25. The van der Waals surface area contributed by atoms with Gasteiger partial charge in [-0.15, -0.1) is 0 Å². The average Bonchev–Trinajstić information content (AvgIpc) is 2.84. The standard InChI is InChI=1S/C17H11NO3/c18-10-11-5-7-12(8-6-11)15(19)9-16-13-3-1-2-4-14(13)17(20)21-16/h1-8,16H,9H2. The molecule has 102 valence electrons. The topological polar surface area (TPSA) is 67.2 Å². The average molecular weight is 277 g/mol. The van der Waals surface area contributed by atoms with Crippen LogP contribution in [0.25, 0.3) is 0 Å². The maximum Gasteiger partial charge on any atom is 0.339 e. The summed E-state index contributed by atoms with van der Waals surface area (Å²) in [4.78, 5) is 24.0. The number of cyclic esters (lactones) is 1. The minimum atomic E-state index is -0.531. The normalized spacial score (nSPS) is 16.0.